The minimum atomic E-state index is 0.699. The number of fused-ring (bicyclic) bond motifs is 11. The van der Waals surface area contributed by atoms with Crippen molar-refractivity contribution in [1.82, 2.24) is 19.1 Å². The summed E-state index contributed by atoms with van der Waals surface area (Å²) in [5.41, 5.74) is 12.3. The maximum atomic E-state index is 6.59. The van der Waals surface area contributed by atoms with E-state index in [4.69, 9.17) is 14.4 Å². The maximum absolute atomic E-state index is 6.59. The van der Waals surface area contributed by atoms with Crippen molar-refractivity contribution in [1.29, 1.82) is 0 Å². The molecule has 0 aliphatic heterocycles. The van der Waals surface area contributed by atoms with Crippen molar-refractivity contribution in [2.24, 2.45) is 0 Å². The molecule has 256 valence electrons. The second-order valence-electron chi connectivity index (χ2n) is 14.1. The molecule has 0 aliphatic rings. The first-order chi connectivity index (χ1) is 27.3. The van der Waals surface area contributed by atoms with Crippen molar-refractivity contribution in [2.75, 3.05) is 0 Å². The molecule has 0 saturated heterocycles. The molecule has 5 heteroatoms. The Morgan fingerprint density at radius 1 is 0.400 bits per heavy atom. The Morgan fingerprint density at radius 3 is 1.80 bits per heavy atom. The van der Waals surface area contributed by atoms with Gasteiger partial charge in [-0.1, -0.05) is 127 Å². The number of aromatic nitrogens is 4. The molecule has 0 spiro atoms. The number of hydrogen-bond acceptors (Lipinski definition) is 3. The van der Waals surface area contributed by atoms with Crippen LogP contribution in [0.5, 0.6) is 0 Å². The van der Waals surface area contributed by atoms with Crippen LogP contribution in [-0.4, -0.2) is 19.1 Å². The molecule has 0 aliphatic carbocycles. The average molecular weight is 703 g/mol. The lowest BCUT2D eigenvalue weighted by Gasteiger charge is -2.12. The predicted octanol–water partition coefficient (Wildman–Crippen LogP) is 13.1. The van der Waals surface area contributed by atoms with E-state index in [1.165, 1.54) is 21.5 Å². The third-order valence-electron chi connectivity index (χ3n) is 11.1. The van der Waals surface area contributed by atoms with E-state index in [2.05, 4.69) is 161 Å². The summed E-state index contributed by atoms with van der Waals surface area (Å²) in [6.45, 7) is 0. The summed E-state index contributed by atoms with van der Waals surface area (Å²) in [5.74, 6) is 0.699. The van der Waals surface area contributed by atoms with Gasteiger partial charge in [0.05, 0.1) is 39.0 Å². The highest BCUT2D eigenvalue weighted by molar-refractivity contribution is 6.29. The molecule has 4 aromatic heterocycles. The fourth-order valence-electron chi connectivity index (χ4n) is 8.77. The van der Waals surface area contributed by atoms with Crippen LogP contribution in [0.2, 0.25) is 0 Å². The summed E-state index contributed by atoms with van der Waals surface area (Å²) in [6, 6.07) is 64.1. The van der Waals surface area contributed by atoms with Crippen LogP contribution >= 0.6 is 0 Å². The zero-order valence-corrected chi connectivity index (χ0v) is 29.5. The largest absolute Gasteiger partial charge is 0.454 e. The summed E-state index contributed by atoms with van der Waals surface area (Å²) < 4.78 is 11.4. The molecule has 4 heterocycles. The highest BCUT2D eigenvalue weighted by Gasteiger charge is 2.22. The molecule has 0 N–H and O–H groups in total. The molecule has 0 saturated carbocycles. The molecular weight excluding hydrogens is 673 g/mol. The molecule has 0 fully saturated rings. The minimum Gasteiger partial charge on any atom is -0.454 e. The van der Waals surface area contributed by atoms with Gasteiger partial charge < -0.3 is 13.6 Å². The molecule has 8 aromatic carbocycles. The second-order valence-corrected chi connectivity index (χ2v) is 14.1. The van der Waals surface area contributed by atoms with Crippen LogP contribution in [0, 0.1) is 0 Å². The molecule has 0 atom stereocenters. The van der Waals surface area contributed by atoms with Gasteiger partial charge in [0.2, 0.25) is 0 Å². The quantitative estimate of drug-likeness (QED) is 0.183. The summed E-state index contributed by atoms with van der Waals surface area (Å²) in [7, 11) is 0. The number of furan rings is 1. The minimum absolute atomic E-state index is 0.699. The molecule has 12 rings (SSSR count). The number of nitrogens with zero attached hydrogens (tertiary/aromatic N) is 4. The zero-order valence-electron chi connectivity index (χ0n) is 29.5. The topological polar surface area (TPSA) is 48.8 Å². The Balaban J connectivity index is 1.11. The molecule has 12 aromatic rings. The van der Waals surface area contributed by atoms with E-state index in [9.17, 15) is 0 Å². The highest BCUT2D eigenvalue weighted by atomic mass is 16.3. The number of benzene rings is 8. The van der Waals surface area contributed by atoms with Gasteiger partial charge in [-0.3, -0.25) is 0 Å². The SMILES string of the molecule is c1ccc(-c2nc(-c3cccc(-n4c5ccccc5c5c6c7ccccc7n(-c7cccc8c7oc7ccccc78)c6ccc54)c3)nc3ccccc23)cc1. The van der Waals surface area contributed by atoms with E-state index in [1.54, 1.807) is 0 Å². The summed E-state index contributed by atoms with van der Waals surface area (Å²) in [5, 5.41) is 8.12. The van der Waals surface area contributed by atoms with Crippen LogP contribution in [0.15, 0.2) is 186 Å². The molecule has 0 unspecified atom stereocenters. The Hall–Kier alpha value is -7.50. The zero-order chi connectivity index (χ0) is 36.0. The Morgan fingerprint density at radius 2 is 1.00 bits per heavy atom. The molecular formula is C50H30N4O. The average Bonchev–Trinajstić information content (AvgIpc) is 3.91. The van der Waals surface area contributed by atoms with Gasteiger partial charge in [-0.25, -0.2) is 9.97 Å². The second kappa shape index (κ2) is 11.5. The lowest BCUT2D eigenvalue weighted by atomic mass is 10.1. The first-order valence-electron chi connectivity index (χ1n) is 18.6. The molecule has 55 heavy (non-hydrogen) atoms. The third kappa shape index (κ3) is 4.35. The first-order valence-corrected chi connectivity index (χ1v) is 18.6. The fraction of sp³-hybridized carbons (Fsp3) is 0. The number of para-hydroxylation sites is 5. The van der Waals surface area contributed by atoms with Crippen LogP contribution in [-0.2, 0) is 0 Å². The van der Waals surface area contributed by atoms with Gasteiger partial charge in [-0.15, -0.1) is 0 Å². The smallest absolute Gasteiger partial charge is 0.160 e. The van der Waals surface area contributed by atoms with Crippen molar-refractivity contribution in [3.05, 3.63) is 182 Å². The monoisotopic (exact) mass is 702 g/mol. The van der Waals surface area contributed by atoms with E-state index in [0.29, 0.717) is 5.82 Å². The summed E-state index contributed by atoms with van der Waals surface area (Å²) in [6.07, 6.45) is 0. The van der Waals surface area contributed by atoms with Crippen LogP contribution in [0.3, 0.4) is 0 Å². The van der Waals surface area contributed by atoms with Crippen molar-refractivity contribution in [3.8, 4) is 34.0 Å². The van der Waals surface area contributed by atoms with Gasteiger partial charge >= 0.3 is 0 Å². The Bertz CT molecular complexity index is 3500. The van der Waals surface area contributed by atoms with Crippen molar-refractivity contribution in [3.63, 3.8) is 0 Å². The van der Waals surface area contributed by atoms with Crippen molar-refractivity contribution < 1.29 is 4.42 Å². The lowest BCUT2D eigenvalue weighted by molar-refractivity contribution is 0.666. The summed E-state index contributed by atoms with van der Waals surface area (Å²) in [4.78, 5) is 10.3. The van der Waals surface area contributed by atoms with Crippen LogP contribution in [0.25, 0.3) is 110 Å². The van der Waals surface area contributed by atoms with Crippen LogP contribution < -0.4 is 0 Å². The normalized spacial score (nSPS) is 12.0. The van der Waals surface area contributed by atoms with E-state index in [-0.39, 0.29) is 0 Å². The molecule has 5 nitrogen and oxygen atoms in total. The number of hydrogen-bond donors (Lipinski definition) is 0. The van der Waals surface area contributed by atoms with Gasteiger partial charge in [0.15, 0.2) is 11.4 Å². The Kier molecular flexibility index (Phi) is 6.27. The van der Waals surface area contributed by atoms with Gasteiger partial charge in [0, 0.05) is 54.5 Å². The maximum Gasteiger partial charge on any atom is 0.160 e. The summed E-state index contributed by atoms with van der Waals surface area (Å²) >= 11 is 0. The molecule has 0 amide bonds. The van der Waals surface area contributed by atoms with Gasteiger partial charge in [0.25, 0.3) is 0 Å². The van der Waals surface area contributed by atoms with Crippen LogP contribution in [0.1, 0.15) is 0 Å². The lowest BCUT2D eigenvalue weighted by Crippen LogP contribution is -1.98. The van der Waals surface area contributed by atoms with Crippen molar-refractivity contribution >= 4 is 76.5 Å². The predicted molar refractivity (Wildman–Crippen MR) is 226 cm³/mol. The first kappa shape index (κ1) is 30.0. The van der Waals surface area contributed by atoms with Crippen LogP contribution in [0.4, 0.5) is 0 Å². The fourth-order valence-corrected chi connectivity index (χ4v) is 8.77. The van der Waals surface area contributed by atoms with E-state index < -0.39 is 0 Å². The highest BCUT2D eigenvalue weighted by Crippen LogP contribution is 2.44. The number of rotatable bonds is 4. The van der Waals surface area contributed by atoms with Gasteiger partial charge in [-0.05, 0) is 54.6 Å². The van der Waals surface area contributed by atoms with E-state index >= 15 is 0 Å². The Labute approximate surface area is 315 Å². The van der Waals surface area contributed by atoms with Gasteiger partial charge in [0.1, 0.15) is 5.58 Å². The van der Waals surface area contributed by atoms with E-state index in [1.807, 2.05) is 30.3 Å². The third-order valence-corrected chi connectivity index (χ3v) is 11.1. The molecule has 0 bridgehead atoms. The standard InChI is InChI=1S/C50H30N4O/c1-2-14-31(15-3-1)48-36-19-4-8-23-39(36)51-50(52-48)32-16-12-17-33(30-32)53-40-24-9-5-20-37(40)46-42(53)28-29-43-47(46)38-21-6-10-25-41(38)54(43)44-26-13-22-35-34-18-7-11-27-45(34)55-49(35)44/h1-30H. The molecule has 0 radical (unpaired) electrons. The van der Waals surface area contributed by atoms with E-state index in [0.717, 1.165) is 83.1 Å². The van der Waals surface area contributed by atoms with Crippen molar-refractivity contribution in [2.45, 2.75) is 0 Å². The van der Waals surface area contributed by atoms with Gasteiger partial charge in [-0.2, -0.15) is 0 Å².